The van der Waals surface area contributed by atoms with Crippen LogP contribution in [0.2, 0.25) is 0 Å². The van der Waals surface area contributed by atoms with Gasteiger partial charge < -0.3 is 44.1 Å². The average Bonchev–Trinajstić information content (AvgIpc) is 3.27. The number of rotatable bonds is 9. The molecule has 2 N–H and O–H groups in total. The molecule has 13 nitrogen and oxygen atoms in total. The summed E-state index contributed by atoms with van der Waals surface area (Å²) in [6.07, 6.45) is -0.161. The number of hydrogen-bond acceptors (Lipinski definition) is 10. The summed E-state index contributed by atoms with van der Waals surface area (Å²) in [5.74, 6) is 1.16. The summed E-state index contributed by atoms with van der Waals surface area (Å²) in [5.41, 5.74) is 0.125. The summed E-state index contributed by atoms with van der Waals surface area (Å²) >= 11 is 0. The van der Waals surface area contributed by atoms with Crippen LogP contribution in [0.4, 0.5) is 40.7 Å². The number of benzene rings is 2. The number of carbonyl (C=O) groups is 4. The molecule has 4 fully saturated rings. The first-order chi connectivity index (χ1) is 33.4. The molecule has 0 spiro atoms. The Bertz CT molecular complexity index is 2020. The van der Waals surface area contributed by atoms with Crippen LogP contribution in [-0.2, 0) is 19.0 Å². The first-order valence-electron chi connectivity index (χ1n) is 25.2. The number of alkyl carbamates (subject to hydrolysis) is 2. The molecule has 19 heteroatoms. The van der Waals surface area contributed by atoms with Crippen molar-refractivity contribution in [3.05, 3.63) is 59.7 Å². The third-order valence-electron chi connectivity index (χ3n) is 12.4. The van der Waals surface area contributed by atoms with Gasteiger partial charge in [0.1, 0.15) is 34.1 Å². The van der Waals surface area contributed by atoms with Gasteiger partial charge in [0.15, 0.2) is 13.2 Å². The molecule has 406 valence electrons. The number of ketones is 1. The smallest absolute Gasteiger partial charge is 0.422 e. The van der Waals surface area contributed by atoms with Crippen LogP contribution in [0.3, 0.4) is 0 Å². The van der Waals surface area contributed by atoms with E-state index in [-0.39, 0.29) is 53.7 Å². The Balaban J connectivity index is 0.000000250. The number of para-hydroxylation sites is 2. The number of carbonyl (C=O) groups excluding carboxylic acids is 4. The summed E-state index contributed by atoms with van der Waals surface area (Å²) in [6, 6.07) is 14.6. The zero-order chi connectivity index (χ0) is 53.5. The van der Waals surface area contributed by atoms with Crippen molar-refractivity contribution in [2.45, 2.75) is 198 Å². The van der Waals surface area contributed by atoms with Gasteiger partial charge in [-0.25, -0.2) is 14.4 Å². The molecule has 4 aliphatic rings. The molecule has 2 saturated carbocycles. The van der Waals surface area contributed by atoms with Crippen LogP contribution in [0.25, 0.3) is 0 Å². The summed E-state index contributed by atoms with van der Waals surface area (Å²) in [4.78, 5) is 50.6. The minimum Gasteiger partial charge on any atom is -0.484 e. The highest BCUT2D eigenvalue weighted by Crippen LogP contribution is 2.38. The zero-order valence-electron chi connectivity index (χ0n) is 43.6. The van der Waals surface area contributed by atoms with E-state index in [2.05, 4.69) is 15.5 Å². The van der Waals surface area contributed by atoms with Crippen LogP contribution in [0.5, 0.6) is 11.5 Å². The number of hydrogen-bond donors (Lipinski definition) is 2. The van der Waals surface area contributed by atoms with E-state index in [0.29, 0.717) is 50.6 Å². The van der Waals surface area contributed by atoms with Crippen molar-refractivity contribution in [2.24, 2.45) is 0 Å². The first kappa shape index (κ1) is 59.6. The van der Waals surface area contributed by atoms with Crippen molar-refractivity contribution in [1.29, 1.82) is 0 Å². The quantitative estimate of drug-likeness (QED) is 0.184. The third kappa shape index (κ3) is 22.9. The van der Waals surface area contributed by atoms with E-state index in [0.717, 1.165) is 75.6 Å². The second-order valence-electron chi connectivity index (χ2n) is 22.0. The second kappa shape index (κ2) is 26.3. The number of amides is 3. The standard InChI is InChI=1S/C24H35F3N2O3.C18H24F3NO3.C11H19NO3/c1-23(2,3)32-22(30)28-18-8-10-19(11-9-18)29-14-12-17(13-15-29)20-6-4-5-7-21(20)31-16-24(25,26)27;1-17(2,3)25-16(23)22-10-8-13(9-11-22)14-6-4-5-7-15(14)24-12-18(19,20)21;1-11(2,3)15-10(14)12-8-4-6-9(13)7-5-8/h4-7,17-19H,8-16H2,1-3H3,(H,28,30);4-7,13H,8-12H2,1-3H3;8H,4-7H2,1-3H3,(H,12,14). The molecule has 72 heavy (non-hydrogen) atoms. The van der Waals surface area contributed by atoms with Gasteiger partial charge in [-0.1, -0.05) is 36.4 Å². The molecule has 2 aliphatic heterocycles. The molecule has 2 aromatic rings. The Morgan fingerprint density at radius 2 is 0.903 bits per heavy atom. The summed E-state index contributed by atoms with van der Waals surface area (Å²) in [7, 11) is 0. The van der Waals surface area contributed by atoms with Crippen molar-refractivity contribution in [1.82, 2.24) is 20.4 Å². The normalized spacial score (nSPS) is 20.2. The van der Waals surface area contributed by atoms with Gasteiger partial charge in [0.2, 0.25) is 0 Å². The Kier molecular flexibility index (Phi) is 21.8. The highest BCUT2D eigenvalue weighted by atomic mass is 19.4. The highest BCUT2D eigenvalue weighted by molar-refractivity contribution is 5.79. The fraction of sp³-hybridized carbons (Fsp3) is 0.698. The maximum absolute atomic E-state index is 12.6. The van der Waals surface area contributed by atoms with Crippen LogP contribution in [-0.4, -0.2) is 121 Å². The number of Topliss-reactive ketones (excluding diaryl/α,β-unsaturated/α-hetero) is 1. The van der Waals surface area contributed by atoms with Gasteiger partial charge in [-0.3, -0.25) is 4.79 Å². The van der Waals surface area contributed by atoms with Crippen LogP contribution < -0.4 is 20.1 Å². The summed E-state index contributed by atoms with van der Waals surface area (Å²) < 4.78 is 101. The molecule has 0 unspecified atom stereocenters. The fourth-order valence-electron chi connectivity index (χ4n) is 9.11. The van der Waals surface area contributed by atoms with Crippen LogP contribution in [0.15, 0.2) is 48.5 Å². The lowest BCUT2D eigenvalue weighted by Crippen LogP contribution is -2.47. The van der Waals surface area contributed by atoms with Gasteiger partial charge in [0.05, 0.1) is 0 Å². The van der Waals surface area contributed by atoms with Crippen LogP contribution in [0.1, 0.15) is 162 Å². The number of piperidine rings is 2. The number of ether oxygens (including phenoxy) is 5. The number of halogens is 6. The third-order valence-corrected chi connectivity index (χ3v) is 12.4. The number of alkyl halides is 6. The lowest BCUT2D eigenvalue weighted by Gasteiger charge is -2.41. The SMILES string of the molecule is CC(C)(C)OC(=O)N1CCC(c2ccccc2OCC(F)(F)F)CC1.CC(C)(C)OC(=O)NC1CCC(=O)CC1.CC(C)(C)OC(=O)NC1CCC(N2CCC(c3ccccc3OCC(F)(F)F)CC2)CC1. The molecule has 0 aromatic heterocycles. The van der Waals surface area contributed by atoms with E-state index in [1.807, 2.05) is 74.4 Å². The van der Waals surface area contributed by atoms with E-state index in [4.69, 9.17) is 23.7 Å². The van der Waals surface area contributed by atoms with E-state index in [1.54, 1.807) is 41.3 Å². The molecule has 0 radical (unpaired) electrons. The number of nitrogens with one attached hydrogen (secondary N) is 2. The monoisotopic (exact) mass is 1030 g/mol. The fourth-order valence-corrected chi connectivity index (χ4v) is 9.11. The topological polar surface area (TPSA) is 145 Å². The molecule has 2 aromatic carbocycles. The molecule has 6 rings (SSSR count). The predicted octanol–water partition coefficient (Wildman–Crippen LogP) is 12.4. The molecule has 0 atom stereocenters. The van der Waals surface area contributed by atoms with Crippen molar-refractivity contribution < 1.29 is 69.2 Å². The van der Waals surface area contributed by atoms with E-state index in [9.17, 15) is 45.5 Å². The van der Waals surface area contributed by atoms with E-state index >= 15 is 0 Å². The number of likely N-dealkylation sites (tertiary alicyclic amines) is 2. The first-order valence-corrected chi connectivity index (χ1v) is 25.2. The Morgan fingerprint density at radius 1 is 0.528 bits per heavy atom. The summed E-state index contributed by atoms with van der Waals surface area (Å²) in [6.45, 7) is 16.8. The van der Waals surface area contributed by atoms with Gasteiger partial charge >= 0.3 is 30.6 Å². The lowest BCUT2D eigenvalue weighted by molar-refractivity contribution is -0.154. The van der Waals surface area contributed by atoms with Gasteiger partial charge in [0.25, 0.3) is 0 Å². The predicted molar refractivity (Wildman–Crippen MR) is 261 cm³/mol. The molecular weight excluding hydrogens is 951 g/mol. The largest absolute Gasteiger partial charge is 0.484 e. The molecule has 2 saturated heterocycles. The van der Waals surface area contributed by atoms with Crippen molar-refractivity contribution >= 4 is 24.1 Å². The van der Waals surface area contributed by atoms with E-state index < -0.39 is 42.4 Å². The maximum Gasteiger partial charge on any atom is 0.422 e. The van der Waals surface area contributed by atoms with Crippen molar-refractivity contribution in [2.75, 3.05) is 39.4 Å². The van der Waals surface area contributed by atoms with Gasteiger partial charge in [-0.2, -0.15) is 26.3 Å². The minimum atomic E-state index is -4.37. The van der Waals surface area contributed by atoms with Crippen molar-refractivity contribution in [3.8, 4) is 11.5 Å². The Morgan fingerprint density at radius 3 is 1.29 bits per heavy atom. The second-order valence-corrected chi connectivity index (χ2v) is 22.0. The minimum absolute atomic E-state index is 0.0584. The lowest BCUT2D eigenvalue weighted by atomic mass is 9.85. The van der Waals surface area contributed by atoms with Crippen LogP contribution >= 0.6 is 0 Å². The highest BCUT2D eigenvalue weighted by Gasteiger charge is 2.34. The molecular formula is C53H78F6N4O9. The summed E-state index contributed by atoms with van der Waals surface area (Å²) in [5, 5.41) is 5.77. The van der Waals surface area contributed by atoms with Crippen LogP contribution in [0, 0.1) is 0 Å². The van der Waals surface area contributed by atoms with Crippen molar-refractivity contribution in [3.63, 3.8) is 0 Å². The average molecular weight is 1030 g/mol. The number of nitrogens with zero attached hydrogens (tertiary/aromatic N) is 2. The van der Waals surface area contributed by atoms with Gasteiger partial charge in [0, 0.05) is 44.1 Å². The molecule has 2 aliphatic carbocycles. The van der Waals surface area contributed by atoms with Gasteiger partial charge in [-0.15, -0.1) is 0 Å². The molecule has 2 heterocycles. The zero-order valence-corrected chi connectivity index (χ0v) is 43.6. The van der Waals surface area contributed by atoms with E-state index in [1.165, 1.54) is 0 Å². The van der Waals surface area contributed by atoms with Gasteiger partial charge in [-0.05, 0) is 175 Å². The Labute approximate surface area is 421 Å². The molecule has 0 bridgehead atoms. The maximum atomic E-state index is 12.6. The molecule has 3 amide bonds. The Hall–Kier alpha value is -4.94.